The molecular formula is C22H22FN5O2. The number of likely N-dealkylation sites (N-methyl/N-ethyl adjacent to an activating group) is 1. The van der Waals surface area contributed by atoms with Crippen LogP contribution in [0, 0.1) is 5.82 Å². The van der Waals surface area contributed by atoms with Crippen molar-refractivity contribution >= 4 is 28.5 Å². The molecule has 0 amide bonds. The van der Waals surface area contributed by atoms with Crippen LogP contribution in [0.1, 0.15) is 12.0 Å². The fraction of sp³-hybridized carbons (Fsp3) is 0.227. The van der Waals surface area contributed by atoms with Gasteiger partial charge in [0.05, 0.1) is 17.5 Å². The third kappa shape index (κ3) is 4.38. The van der Waals surface area contributed by atoms with E-state index in [2.05, 4.69) is 27.0 Å². The molecule has 30 heavy (non-hydrogen) atoms. The zero-order valence-corrected chi connectivity index (χ0v) is 16.5. The molecule has 0 aliphatic carbocycles. The van der Waals surface area contributed by atoms with Crippen molar-refractivity contribution in [3.8, 4) is 5.75 Å². The number of aromatic amines is 1. The largest absolute Gasteiger partial charge is 0.489 e. The van der Waals surface area contributed by atoms with Crippen LogP contribution >= 0.6 is 0 Å². The summed E-state index contributed by atoms with van der Waals surface area (Å²) in [7, 11) is 2.08. The minimum atomic E-state index is -0.396. The maximum Gasteiger partial charge on any atom is 0.258 e. The van der Waals surface area contributed by atoms with Gasteiger partial charge in [0, 0.05) is 24.0 Å². The van der Waals surface area contributed by atoms with E-state index in [0.717, 1.165) is 25.3 Å². The molecular weight excluding hydrogens is 385 g/mol. The minimum absolute atomic E-state index is 0.191. The maximum absolute atomic E-state index is 13.5. The number of likely N-dealkylation sites (tertiary alicyclic amines) is 1. The number of aliphatic imine (C=N–C) groups is 1. The van der Waals surface area contributed by atoms with E-state index in [1.165, 1.54) is 24.4 Å². The van der Waals surface area contributed by atoms with Crippen molar-refractivity contribution in [2.24, 2.45) is 15.9 Å². The van der Waals surface area contributed by atoms with Crippen molar-refractivity contribution in [1.29, 1.82) is 0 Å². The lowest BCUT2D eigenvalue weighted by Crippen LogP contribution is -2.21. The molecule has 0 radical (unpaired) electrons. The molecule has 2 heterocycles. The van der Waals surface area contributed by atoms with Crippen LogP contribution in [0.2, 0.25) is 0 Å². The molecule has 4 rings (SSSR count). The van der Waals surface area contributed by atoms with Crippen LogP contribution in [0.5, 0.6) is 5.75 Å². The van der Waals surface area contributed by atoms with Crippen LogP contribution in [0.4, 0.5) is 10.1 Å². The number of aromatic nitrogens is 1. The average Bonchev–Trinajstić information content (AvgIpc) is 3.14. The number of pyridine rings is 1. The molecule has 1 saturated heterocycles. The van der Waals surface area contributed by atoms with E-state index < -0.39 is 5.82 Å². The van der Waals surface area contributed by atoms with Crippen molar-refractivity contribution in [2.75, 3.05) is 20.1 Å². The molecule has 7 nitrogen and oxygen atoms in total. The summed E-state index contributed by atoms with van der Waals surface area (Å²) in [5.74, 6) is 5.88. The molecule has 3 N–H and O–H groups in total. The number of benzene rings is 2. The average molecular weight is 407 g/mol. The van der Waals surface area contributed by atoms with Gasteiger partial charge in [-0.3, -0.25) is 9.79 Å². The lowest BCUT2D eigenvalue weighted by Gasteiger charge is -2.13. The van der Waals surface area contributed by atoms with E-state index in [4.69, 9.17) is 10.6 Å². The van der Waals surface area contributed by atoms with Gasteiger partial charge in [0.2, 0.25) is 0 Å². The fourth-order valence-corrected chi connectivity index (χ4v) is 3.47. The van der Waals surface area contributed by atoms with Gasteiger partial charge in [-0.05, 0) is 62.0 Å². The molecule has 1 fully saturated rings. The van der Waals surface area contributed by atoms with Crippen LogP contribution in [-0.2, 0) is 0 Å². The molecule has 0 saturated carbocycles. The Bertz CT molecular complexity index is 1170. The smallest absolute Gasteiger partial charge is 0.258 e. The van der Waals surface area contributed by atoms with Gasteiger partial charge in [0.25, 0.3) is 5.56 Å². The van der Waals surface area contributed by atoms with Crippen molar-refractivity contribution in [3.05, 3.63) is 70.3 Å². The predicted octanol–water partition coefficient (Wildman–Crippen LogP) is 2.82. The maximum atomic E-state index is 13.5. The minimum Gasteiger partial charge on any atom is -0.489 e. The number of halogens is 1. The number of H-pyrrole nitrogens is 1. The second-order valence-corrected chi connectivity index (χ2v) is 7.30. The molecule has 8 heteroatoms. The van der Waals surface area contributed by atoms with E-state index in [1.807, 2.05) is 24.3 Å². The quantitative estimate of drug-likeness (QED) is 0.386. The van der Waals surface area contributed by atoms with Gasteiger partial charge >= 0.3 is 0 Å². The second-order valence-electron chi connectivity index (χ2n) is 7.30. The van der Waals surface area contributed by atoms with Gasteiger partial charge in [-0.1, -0.05) is 0 Å². The normalized spacial score (nSPS) is 17.8. The first-order chi connectivity index (χ1) is 14.5. The SMILES string of the molecule is CN1CC[C@@H](Oc2ccc(N=CC(=NN)c3cc4cc(F)ccc4[nH]c3=O)cc2)C1. The molecule has 1 aliphatic heterocycles. The van der Waals surface area contributed by atoms with Crippen LogP contribution in [0.3, 0.4) is 0 Å². The number of fused-ring (bicyclic) bond motifs is 1. The summed E-state index contributed by atoms with van der Waals surface area (Å²) < 4.78 is 19.5. The van der Waals surface area contributed by atoms with Gasteiger partial charge in [0.1, 0.15) is 23.4 Å². The third-order valence-electron chi connectivity index (χ3n) is 5.04. The highest BCUT2D eigenvalue weighted by atomic mass is 19.1. The number of hydrogen-bond donors (Lipinski definition) is 2. The topological polar surface area (TPSA) is 96.1 Å². The Kier molecular flexibility index (Phi) is 5.58. The summed E-state index contributed by atoms with van der Waals surface area (Å²) in [5, 5.41) is 4.22. The number of hydrazone groups is 1. The van der Waals surface area contributed by atoms with Crippen LogP contribution in [0.15, 0.2) is 63.4 Å². The Labute approximate surface area is 172 Å². The molecule has 3 aromatic rings. The first-order valence-corrected chi connectivity index (χ1v) is 9.62. The number of nitrogens with one attached hydrogen (secondary N) is 1. The third-order valence-corrected chi connectivity index (χ3v) is 5.04. The Morgan fingerprint density at radius 3 is 2.77 bits per heavy atom. The predicted molar refractivity (Wildman–Crippen MR) is 116 cm³/mol. The highest BCUT2D eigenvalue weighted by Crippen LogP contribution is 2.21. The van der Waals surface area contributed by atoms with Gasteiger partial charge in [-0.15, -0.1) is 0 Å². The summed E-state index contributed by atoms with van der Waals surface area (Å²) in [6.45, 7) is 1.95. The Hall–Kier alpha value is -3.52. The first-order valence-electron chi connectivity index (χ1n) is 9.62. The van der Waals surface area contributed by atoms with Crippen LogP contribution in [-0.4, -0.2) is 48.1 Å². The van der Waals surface area contributed by atoms with Gasteiger partial charge in [-0.25, -0.2) is 4.39 Å². The number of nitrogens with two attached hydrogens (primary N) is 1. The molecule has 1 aromatic heterocycles. The zero-order valence-electron chi connectivity index (χ0n) is 16.5. The molecule has 0 bridgehead atoms. The number of rotatable bonds is 5. The van der Waals surface area contributed by atoms with Crippen molar-refractivity contribution in [3.63, 3.8) is 0 Å². The Morgan fingerprint density at radius 2 is 2.07 bits per heavy atom. The molecule has 1 aliphatic rings. The lowest BCUT2D eigenvalue weighted by atomic mass is 10.1. The molecule has 2 aromatic carbocycles. The van der Waals surface area contributed by atoms with Gasteiger partial charge in [-0.2, -0.15) is 5.10 Å². The molecule has 1 atom stereocenters. The highest BCUT2D eigenvalue weighted by molar-refractivity contribution is 6.38. The molecule has 0 unspecified atom stereocenters. The number of nitrogens with zero attached hydrogens (tertiary/aromatic N) is 3. The standard InChI is InChI=1S/C22H22FN5O2/c1-28-9-8-18(13-28)30-17-5-3-16(4-6-17)25-12-21(27-24)19-11-14-10-15(23)2-7-20(14)26-22(19)29/h2-7,10-12,18H,8-9,13,24H2,1H3,(H,26,29)/t18-/m1/s1. The molecule has 0 spiro atoms. The summed E-state index contributed by atoms with van der Waals surface area (Å²) in [5.41, 5.74) is 1.22. The highest BCUT2D eigenvalue weighted by Gasteiger charge is 2.20. The Balaban J connectivity index is 1.52. The van der Waals surface area contributed by atoms with E-state index in [0.29, 0.717) is 16.6 Å². The summed E-state index contributed by atoms with van der Waals surface area (Å²) in [6.07, 6.45) is 2.62. The van der Waals surface area contributed by atoms with Crippen molar-refractivity contribution < 1.29 is 9.13 Å². The summed E-state index contributed by atoms with van der Waals surface area (Å²) in [6, 6.07) is 13.0. The van der Waals surface area contributed by atoms with E-state index in [-0.39, 0.29) is 22.9 Å². The molecule has 154 valence electrons. The van der Waals surface area contributed by atoms with E-state index >= 15 is 0 Å². The van der Waals surface area contributed by atoms with Crippen molar-refractivity contribution in [1.82, 2.24) is 9.88 Å². The summed E-state index contributed by atoms with van der Waals surface area (Å²) >= 11 is 0. The van der Waals surface area contributed by atoms with Crippen LogP contribution < -0.4 is 16.1 Å². The summed E-state index contributed by atoms with van der Waals surface area (Å²) in [4.78, 5) is 21.7. The van der Waals surface area contributed by atoms with E-state index in [1.54, 1.807) is 6.07 Å². The Morgan fingerprint density at radius 1 is 1.27 bits per heavy atom. The van der Waals surface area contributed by atoms with Gasteiger partial charge < -0.3 is 20.5 Å². The van der Waals surface area contributed by atoms with Crippen LogP contribution in [0.25, 0.3) is 10.9 Å². The number of hydrogen-bond acceptors (Lipinski definition) is 6. The first kappa shape index (κ1) is 19.8. The second kappa shape index (κ2) is 8.46. The van der Waals surface area contributed by atoms with Crippen molar-refractivity contribution in [2.45, 2.75) is 12.5 Å². The lowest BCUT2D eigenvalue weighted by molar-refractivity contribution is 0.208. The van der Waals surface area contributed by atoms with Gasteiger partial charge in [0.15, 0.2) is 0 Å². The zero-order chi connectivity index (χ0) is 21.1. The number of ether oxygens (including phenoxy) is 1. The van der Waals surface area contributed by atoms with E-state index in [9.17, 15) is 9.18 Å². The monoisotopic (exact) mass is 407 g/mol. The fourth-order valence-electron chi connectivity index (χ4n) is 3.47.